The summed E-state index contributed by atoms with van der Waals surface area (Å²) in [5, 5.41) is 0. The summed E-state index contributed by atoms with van der Waals surface area (Å²) in [6.45, 7) is 0.739. The van der Waals surface area contributed by atoms with Crippen LogP contribution < -0.4 is 10.3 Å². The van der Waals surface area contributed by atoms with Crippen molar-refractivity contribution in [3.63, 3.8) is 0 Å². The molecule has 0 radical (unpaired) electrons. The lowest BCUT2D eigenvalue weighted by atomic mass is 10.3. The number of anilines is 1. The van der Waals surface area contributed by atoms with Gasteiger partial charge in [-0.2, -0.15) is 0 Å². The van der Waals surface area contributed by atoms with Crippen molar-refractivity contribution >= 4 is 24.6 Å². The smallest absolute Gasteiger partial charge is 0.404 e. The van der Waals surface area contributed by atoms with Gasteiger partial charge in [0.1, 0.15) is 17.6 Å². The zero-order valence-corrected chi connectivity index (χ0v) is 14.5. The van der Waals surface area contributed by atoms with Crippen LogP contribution in [0.3, 0.4) is 0 Å². The average molecular weight is 363 g/mol. The second-order valence-electron chi connectivity index (χ2n) is 5.10. The Bertz CT molecular complexity index is 886. The zero-order valence-electron chi connectivity index (χ0n) is 13.6. The van der Waals surface area contributed by atoms with Crippen LogP contribution >= 0.6 is 7.60 Å². The van der Waals surface area contributed by atoms with Crippen LogP contribution in [0.25, 0.3) is 11.2 Å². The SMILES string of the molecule is COP(=O)(COCCn1cnc2c(N)ncnc21)Oc1ccccc1. The van der Waals surface area contributed by atoms with Crippen LogP contribution in [0.2, 0.25) is 0 Å². The van der Waals surface area contributed by atoms with Crippen molar-refractivity contribution in [2.75, 3.05) is 25.8 Å². The van der Waals surface area contributed by atoms with Crippen molar-refractivity contribution in [1.82, 2.24) is 19.5 Å². The Kier molecular flexibility index (Phi) is 5.28. The van der Waals surface area contributed by atoms with Crippen molar-refractivity contribution in [1.29, 1.82) is 0 Å². The number of nitrogens with two attached hydrogens (primary N) is 1. The van der Waals surface area contributed by atoms with Crippen LogP contribution in [-0.4, -0.2) is 39.6 Å². The lowest BCUT2D eigenvalue weighted by molar-refractivity contribution is 0.146. The first-order chi connectivity index (χ1) is 12.1. The van der Waals surface area contributed by atoms with Gasteiger partial charge in [0.15, 0.2) is 17.8 Å². The van der Waals surface area contributed by atoms with Gasteiger partial charge in [0.2, 0.25) is 0 Å². The van der Waals surface area contributed by atoms with Gasteiger partial charge in [0.05, 0.1) is 12.9 Å². The molecule has 0 spiro atoms. The molecule has 0 amide bonds. The van der Waals surface area contributed by atoms with Gasteiger partial charge in [-0.15, -0.1) is 0 Å². The molecule has 0 fully saturated rings. The number of benzene rings is 1. The first kappa shape index (κ1) is 17.3. The predicted molar refractivity (Wildman–Crippen MR) is 92.2 cm³/mol. The molecule has 25 heavy (non-hydrogen) atoms. The van der Waals surface area contributed by atoms with Crippen LogP contribution in [0.4, 0.5) is 5.82 Å². The Morgan fingerprint density at radius 1 is 1.20 bits per heavy atom. The third-order valence-electron chi connectivity index (χ3n) is 3.42. The van der Waals surface area contributed by atoms with E-state index in [1.54, 1.807) is 35.2 Å². The summed E-state index contributed by atoms with van der Waals surface area (Å²) in [5.41, 5.74) is 6.90. The molecule has 2 N–H and O–H groups in total. The van der Waals surface area contributed by atoms with Gasteiger partial charge in [0, 0.05) is 13.7 Å². The lowest BCUT2D eigenvalue weighted by Gasteiger charge is -2.17. The minimum Gasteiger partial charge on any atom is -0.423 e. The molecule has 0 aliphatic rings. The van der Waals surface area contributed by atoms with Gasteiger partial charge in [-0.1, -0.05) is 18.2 Å². The second-order valence-corrected chi connectivity index (χ2v) is 7.13. The maximum atomic E-state index is 12.5. The molecule has 0 saturated heterocycles. The van der Waals surface area contributed by atoms with Crippen molar-refractivity contribution < 1.29 is 18.3 Å². The number of ether oxygens (including phenoxy) is 1. The molecule has 0 saturated carbocycles. The Hall–Kier alpha value is -2.48. The normalized spacial score (nSPS) is 13.6. The van der Waals surface area contributed by atoms with E-state index in [0.29, 0.717) is 29.3 Å². The maximum absolute atomic E-state index is 12.5. The fraction of sp³-hybridized carbons (Fsp3) is 0.267. The van der Waals surface area contributed by atoms with Crippen LogP contribution in [0.5, 0.6) is 5.75 Å². The summed E-state index contributed by atoms with van der Waals surface area (Å²) < 4.78 is 30.2. The van der Waals surface area contributed by atoms with E-state index >= 15 is 0 Å². The molecule has 2 aromatic heterocycles. The summed E-state index contributed by atoms with van der Waals surface area (Å²) in [7, 11) is -2.05. The van der Waals surface area contributed by atoms with Gasteiger partial charge in [0.25, 0.3) is 0 Å². The first-order valence-corrected chi connectivity index (χ1v) is 9.22. The van der Waals surface area contributed by atoms with Gasteiger partial charge >= 0.3 is 7.60 Å². The summed E-state index contributed by atoms with van der Waals surface area (Å²) in [5.74, 6) is 0.786. The molecule has 3 rings (SSSR count). The minimum atomic E-state index is -3.38. The van der Waals surface area contributed by atoms with Gasteiger partial charge in [-0.05, 0) is 12.1 Å². The minimum absolute atomic E-state index is 0.165. The van der Waals surface area contributed by atoms with Crippen molar-refractivity contribution in [3.05, 3.63) is 43.0 Å². The summed E-state index contributed by atoms with van der Waals surface area (Å²) in [6.07, 6.45) is 2.82. The number of imidazole rings is 1. The zero-order chi connectivity index (χ0) is 17.7. The molecule has 1 atom stereocenters. The average Bonchev–Trinajstić information content (AvgIpc) is 3.04. The number of para-hydroxylation sites is 1. The number of nitrogens with zero attached hydrogens (tertiary/aromatic N) is 4. The Morgan fingerprint density at radius 2 is 2.00 bits per heavy atom. The Balaban J connectivity index is 1.56. The van der Waals surface area contributed by atoms with E-state index in [1.807, 2.05) is 6.07 Å². The monoisotopic (exact) mass is 363 g/mol. The maximum Gasteiger partial charge on any atom is 0.404 e. The third kappa shape index (κ3) is 4.14. The molecule has 132 valence electrons. The van der Waals surface area contributed by atoms with E-state index in [9.17, 15) is 4.57 Å². The molecule has 1 unspecified atom stereocenters. The highest BCUT2D eigenvalue weighted by atomic mass is 31.2. The lowest BCUT2D eigenvalue weighted by Crippen LogP contribution is -2.09. The van der Waals surface area contributed by atoms with Gasteiger partial charge < -0.3 is 24.1 Å². The van der Waals surface area contributed by atoms with Crippen molar-refractivity contribution in [3.8, 4) is 5.75 Å². The van der Waals surface area contributed by atoms with Gasteiger partial charge in [-0.25, -0.2) is 19.5 Å². The standard InChI is InChI=1S/C15H18N5O4P/c1-22-25(21,24-12-5-3-2-4-6-12)11-23-8-7-20-10-19-13-14(16)17-9-18-15(13)20/h2-6,9-10H,7-8,11H2,1H3,(H2,16,17,18). The molecule has 0 aliphatic heterocycles. The highest BCUT2D eigenvalue weighted by molar-refractivity contribution is 7.54. The van der Waals surface area contributed by atoms with E-state index in [-0.39, 0.29) is 13.0 Å². The second kappa shape index (κ2) is 7.60. The molecule has 3 aromatic rings. The fourth-order valence-corrected chi connectivity index (χ4v) is 3.19. The van der Waals surface area contributed by atoms with E-state index in [0.717, 1.165) is 0 Å². The van der Waals surface area contributed by atoms with Crippen LogP contribution in [0.15, 0.2) is 43.0 Å². The van der Waals surface area contributed by atoms with Crippen LogP contribution in [-0.2, 0) is 20.4 Å². The summed E-state index contributed by atoms with van der Waals surface area (Å²) in [6, 6.07) is 8.81. The Morgan fingerprint density at radius 3 is 2.76 bits per heavy atom. The molecule has 1 aromatic carbocycles. The predicted octanol–water partition coefficient (Wildman–Crippen LogP) is 2.30. The van der Waals surface area contributed by atoms with Crippen molar-refractivity contribution in [2.45, 2.75) is 6.54 Å². The highest BCUT2D eigenvalue weighted by Crippen LogP contribution is 2.47. The van der Waals surface area contributed by atoms with E-state index in [2.05, 4.69) is 15.0 Å². The Labute approximate surface area is 144 Å². The molecule has 2 heterocycles. The van der Waals surface area contributed by atoms with E-state index in [1.165, 1.54) is 13.4 Å². The van der Waals surface area contributed by atoms with E-state index < -0.39 is 7.60 Å². The van der Waals surface area contributed by atoms with Gasteiger partial charge in [-0.3, -0.25) is 0 Å². The van der Waals surface area contributed by atoms with E-state index in [4.69, 9.17) is 19.5 Å². The number of aromatic nitrogens is 4. The number of rotatable bonds is 8. The highest BCUT2D eigenvalue weighted by Gasteiger charge is 2.25. The molecular weight excluding hydrogens is 345 g/mol. The molecule has 10 heteroatoms. The first-order valence-electron chi connectivity index (χ1n) is 7.50. The topological polar surface area (TPSA) is 114 Å². The third-order valence-corrected chi connectivity index (χ3v) is 4.97. The molecular formula is C15H18N5O4P. The van der Waals surface area contributed by atoms with Crippen molar-refractivity contribution in [2.24, 2.45) is 0 Å². The number of fused-ring (bicyclic) bond motifs is 1. The fourth-order valence-electron chi connectivity index (χ4n) is 2.16. The molecule has 0 aliphatic carbocycles. The van der Waals surface area contributed by atoms with Crippen LogP contribution in [0.1, 0.15) is 0 Å². The number of hydrogen-bond donors (Lipinski definition) is 1. The number of hydrogen-bond acceptors (Lipinski definition) is 8. The molecule has 0 bridgehead atoms. The summed E-state index contributed by atoms with van der Waals surface area (Å²) >= 11 is 0. The van der Waals surface area contributed by atoms with Crippen LogP contribution in [0, 0.1) is 0 Å². The quantitative estimate of drug-likeness (QED) is 0.479. The number of nitrogen functional groups attached to an aromatic ring is 1. The largest absolute Gasteiger partial charge is 0.423 e. The summed E-state index contributed by atoms with van der Waals surface area (Å²) in [4.78, 5) is 12.2. The molecule has 9 nitrogen and oxygen atoms in total.